The molecule has 11 nitrogen and oxygen atoms in total. The van der Waals surface area contributed by atoms with E-state index in [9.17, 15) is 28.8 Å². The van der Waals surface area contributed by atoms with Crippen LogP contribution >= 0.6 is 83.8 Å². The molecule has 0 saturated carbocycles. The molecule has 3 rings (SSSR count). The van der Waals surface area contributed by atoms with Crippen LogP contribution in [0.1, 0.15) is 74.7 Å². The van der Waals surface area contributed by atoms with Gasteiger partial charge in [-0.15, -0.1) is 0 Å². The van der Waals surface area contributed by atoms with Gasteiger partial charge in [0.2, 0.25) is 29.5 Å². The van der Waals surface area contributed by atoms with Crippen molar-refractivity contribution in [3.63, 3.8) is 0 Å². The summed E-state index contributed by atoms with van der Waals surface area (Å²) in [7, 11) is 5.16. The number of imide groups is 2. The van der Waals surface area contributed by atoms with Crippen molar-refractivity contribution in [2.24, 2.45) is 5.73 Å². The first-order chi connectivity index (χ1) is 19.4. The molecule has 0 aromatic rings. The molecule has 45 heavy (non-hydrogen) atoms. The second-order valence-electron chi connectivity index (χ2n) is 8.23. The third-order valence-corrected chi connectivity index (χ3v) is 9.23. The van der Waals surface area contributed by atoms with E-state index >= 15 is 0 Å². The van der Waals surface area contributed by atoms with Crippen LogP contribution in [0.3, 0.4) is 0 Å². The molecule has 3 saturated heterocycles. The first kappa shape index (κ1) is 58.2. The Kier molecular flexibility index (Phi) is 49.0. The Morgan fingerprint density at radius 2 is 1.09 bits per heavy atom. The highest BCUT2D eigenvalue weighted by Gasteiger charge is 2.29. The van der Waals surface area contributed by atoms with Crippen LogP contribution < -0.4 is 11.2 Å². The highest BCUT2D eigenvalue weighted by Crippen LogP contribution is 2.32. The first-order valence-electron chi connectivity index (χ1n) is 12.7. The minimum Gasteiger partial charge on any atom is -0.329 e. The molecule has 0 bridgehead atoms. The summed E-state index contributed by atoms with van der Waals surface area (Å²) in [6.07, 6.45) is 4.09. The molecule has 3 heterocycles. The van der Waals surface area contributed by atoms with E-state index in [-0.39, 0.29) is 96.3 Å². The van der Waals surface area contributed by atoms with Crippen molar-refractivity contribution in [2.45, 2.75) is 88.3 Å². The molecule has 4 radical (unpaired) electrons. The Balaban J connectivity index is -0.000000124. The average molecular weight is 1030 g/mol. The third kappa shape index (κ3) is 30.8. The Morgan fingerprint density at radius 1 is 0.756 bits per heavy atom. The fourth-order valence-electron chi connectivity index (χ4n) is 3.21. The van der Waals surface area contributed by atoms with Gasteiger partial charge >= 0.3 is 0 Å². The van der Waals surface area contributed by atoms with E-state index in [1.54, 1.807) is 0 Å². The van der Waals surface area contributed by atoms with Crippen molar-refractivity contribution in [1.29, 1.82) is 0 Å². The van der Waals surface area contributed by atoms with Crippen LogP contribution in [0.2, 0.25) is 13.6 Å². The van der Waals surface area contributed by atoms with Gasteiger partial charge in [-0.3, -0.25) is 43.6 Å². The van der Waals surface area contributed by atoms with E-state index in [0.717, 1.165) is 12.2 Å². The molecule has 3 N–H and O–H groups in total. The molecule has 0 aromatic carbocycles. The first-order valence-corrected chi connectivity index (χ1v) is 25.8. The maximum absolute atomic E-state index is 11.7. The van der Waals surface area contributed by atoms with Gasteiger partial charge in [0.05, 0.1) is 0 Å². The molecule has 260 valence electrons. The van der Waals surface area contributed by atoms with Gasteiger partial charge in [-0.2, -0.15) is 0 Å². The smallest absolute Gasteiger partial charge is 0.237 e. The van der Waals surface area contributed by atoms with Crippen LogP contribution in [0.25, 0.3) is 0 Å². The van der Waals surface area contributed by atoms with Gasteiger partial charge < -0.3 is 5.73 Å². The zero-order chi connectivity index (χ0) is 31.8. The molecule has 0 aliphatic carbocycles. The Bertz CT molecular complexity index is 804. The van der Waals surface area contributed by atoms with Gasteiger partial charge in [0.25, 0.3) is 0 Å². The maximum atomic E-state index is 11.7. The Hall–Kier alpha value is 1.01. The minimum absolute atomic E-state index is 0. The number of hydrogen-bond acceptors (Lipinski definition) is 8. The van der Waals surface area contributed by atoms with Crippen LogP contribution in [-0.4, -0.2) is 111 Å². The SMILES string of the molecule is C.C.C.C.C[B]PI.C[B]PI.NCCN1C(=O)CCC1=O.O=C1CCC(=O)N(NCCN2C(=O)CCC2=O)CC1.[B]P(C)I. The van der Waals surface area contributed by atoms with Crippen molar-refractivity contribution in [3.8, 4) is 0 Å². The van der Waals surface area contributed by atoms with Crippen molar-refractivity contribution >= 4 is 141 Å². The fraction of sp³-hybridized carbons (Fsp3) is 0.760. The van der Waals surface area contributed by atoms with Crippen LogP contribution in [0.4, 0.5) is 0 Å². The summed E-state index contributed by atoms with van der Waals surface area (Å²) in [5, 5.41) is 1.41. The lowest BCUT2D eigenvalue weighted by atomic mass is 10.2. The maximum Gasteiger partial charge on any atom is 0.237 e. The summed E-state index contributed by atoms with van der Waals surface area (Å²) >= 11 is 6.83. The lowest BCUT2D eigenvalue weighted by Crippen LogP contribution is -2.46. The van der Waals surface area contributed by atoms with E-state index in [4.69, 9.17) is 13.3 Å². The molecule has 3 fully saturated rings. The van der Waals surface area contributed by atoms with Crippen molar-refractivity contribution in [1.82, 2.24) is 20.2 Å². The van der Waals surface area contributed by atoms with Gasteiger partial charge in [-0.1, -0.05) is 127 Å². The van der Waals surface area contributed by atoms with Crippen LogP contribution in [0.15, 0.2) is 0 Å². The molecule has 3 aliphatic heterocycles. The number of hydrazine groups is 1. The number of carbonyl (C=O) groups excluding carboxylic acids is 6. The van der Waals surface area contributed by atoms with Gasteiger partial charge in [0.15, 0.2) is 14.0 Å². The highest BCUT2D eigenvalue weighted by atomic mass is 127. The van der Waals surface area contributed by atoms with Gasteiger partial charge in [0, 0.05) is 77.7 Å². The number of ketones is 1. The number of hydrogen-bond donors (Lipinski definition) is 2. The lowest BCUT2D eigenvalue weighted by Gasteiger charge is -2.22. The number of amides is 5. The monoisotopic (exact) mass is 1030 g/mol. The summed E-state index contributed by atoms with van der Waals surface area (Å²) in [6.45, 7) is 12.1. The molecule has 3 unspecified atom stereocenters. The quantitative estimate of drug-likeness (QED) is 0.135. The summed E-state index contributed by atoms with van der Waals surface area (Å²) in [5.41, 5.74) is 7.92. The zero-order valence-electron chi connectivity index (χ0n) is 23.7. The van der Waals surface area contributed by atoms with Crippen molar-refractivity contribution in [3.05, 3.63) is 0 Å². The second kappa shape index (κ2) is 37.8. The predicted octanol–water partition coefficient (Wildman–Crippen LogP) is 5.76. The standard InChI is InChI=1S/C12H17N3O4.C6H10N2O2.CH3BIP.2CH4BIP.4CH4/c16-9-1-2-12(19)15(7-5-9)13-6-8-14-10(17)3-4-11(14)18;7-3-4-8-5(9)1-2-6(8)10;1-4(2)3;2*1-2-4-3;;;;/h13H,1-8H2;1-4,7H2;1H3;2*4H,1H3;4*1H4. The predicted molar refractivity (Wildman–Crippen MR) is 227 cm³/mol. The second-order valence-corrected chi connectivity index (χ2v) is 19.2. The Morgan fingerprint density at radius 3 is 1.42 bits per heavy atom. The normalized spacial score (nSPS) is 16.2. The van der Waals surface area contributed by atoms with Crippen LogP contribution in [0, 0.1) is 0 Å². The van der Waals surface area contributed by atoms with Crippen LogP contribution in [-0.2, 0) is 28.8 Å². The molecule has 3 aliphatic rings. The zero-order valence-corrected chi connectivity index (χ0v) is 33.0. The molecule has 5 amide bonds. The number of nitrogens with two attached hydrogens (primary N) is 1. The largest absolute Gasteiger partial charge is 0.329 e. The van der Waals surface area contributed by atoms with E-state index in [2.05, 4.69) is 99.2 Å². The number of Topliss-reactive ketones (excluding diaryl/α,β-unsaturated/α-hetero) is 1. The molecule has 0 spiro atoms. The average Bonchev–Trinajstić information content (AvgIpc) is 3.37. The van der Waals surface area contributed by atoms with Crippen molar-refractivity contribution in [2.75, 3.05) is 39.4 Å². The minimum atomic E-state index is -0.163. The van der Waals surface area contributed by atoms with E-state index in [1.807, 2.05) is 6.66 Å². The lowest BCUT2D eigenvalue weighted by molar-refractivity contribution is -0.140. The van der Waals surface area contributed by atoms with Gasteiger partial charge in [-0.25, -0.2) is 5.43 Å². The topological polar surface area (TPSA) is 150 Å². The molecular weight excluding hydrogens is 972 g/mol. The van der Waals surface area contributed by atoms with Gasteiger partial charge in [0.1, 0.15) is 13.3 Å². The van der Waals surface area contributed by atoms with E-state index < -0.39 is 0 Å². The third-order valence-electron chi connectivity index (χ3n) is 5.05. The number of nitrogens with zero attached hydrogens (tertiary/aromatic N) is 3. The Labute approximate surface area is 320 Å². The molecule has 20 heteroatoms. The summed E-state index contributed by atoms with van der Waals surface area (Å²) in [6, 6.07) is 0. The van der Waals surface area contributed by atoms with Crippen molar-refractivity contribution < 1.29 is 28.8 Å². The number of likely N-dealkylation sites (tertiary alicyclic amines) is 2. The molecular formula is C25H54B3I3N5O6P3. The van der Waals surface area contributed by atoms with Crippen LogP contribution in [0.5, 0.6) is 0 Å². The molecule has 3 atom stereocenters. The van der Waals surface area contributed by atoms with Gasteiger partial charge in [-0.05, 0) is 6.66 Å². The fourth-order valence-corrected chi connectivity index (χ4v) is 3.21. The summed E-state index contributed by atoms with van der Waals surface area (Å²) in [4.78, 5) is 69.8. The molecule has 0 aromatic heterocycles. The summed E-state index contributed by atoms with van der Waals surface area (Å²) < 4.78 is 0. The number of halogens is 3. The number of nitrogens with one attached hydrogen (secondary N) is 1. The highest BCUT2D eigenvalue weighted by molar-refractivity contribution is 14.2. The van der Waals surface area contributed by atoms with E-state index in [0.29, 0.717) is 51.9 Å². The number of rotatable bonds is 8. The number of carbonyl (C=O) groups is 6. The summed E-state index contributed by atoms with van der Waals surface area (Å²) in [5.74, 6) is -0.535. The van der Waals surface area contributed by atoms with E-state index in [1.165, 1.54) is 14.8 Å².